The van der Waals surface area contributed by atoms with Crippen molar-refractivity contribution in [2.24, 2.45) is 5.92 Å². The average molecular weight is 220 g/mol. The highest BCUT2D eigenvalue weighted by atomic mass is 16.3. The number of aliphatic hydroxyl groups excluding tert-OH is 1. The third-order valence-electron chi connectivity index (χ3n) is 3.13. The molecule has 1 saturated carbocycles. The van der Waals surface area contributed by atoms with Crippen LogP contribution in [0.4, 0.5) is 5.69 Å². The molecular weight excluding hydrogens is 200 g/mol. The first-order chi connectivity index (χ1) is 7.72. The van der Waals surface area contributed by atoms with Gasteiger partial charge >= 0.3 is 0 Å². The summed E-state index contributed by atoms with van der Waals surface area (Å²) in [5.74, 6) is 0.849. The van der Waals surface area contributed by atoms with E-state index < -0.39 is 0 Å². The van der Waals surface area contributed by atoms with E-state index in [2.05, 4.69) is 23.7 Å². The minimum atomic E-state index is 0.0665. The van der Waals surface area contributed by atoms with E-state index >= 15 is 0 Å². The molecule has 1 aliphatic carbocycles. The maximum absolute atomic E-state index is 9.33. The summed E-state index contributed by atoms with van der Waals surface area (Å²) in [6, 6.07) is 2.47. The second-order valence-corrected chi connectivity index (χ2v) is 4.85. The van der Waals surface area contributed by atoms with Crippen molar-refractivity contribution in [2.75, 3.05) is 11.4 Å². The van der Waals surface area contributed by atoms with Gasteiger partial charge in [-0.3, -0.25) is 4.98 Å². The van der Waals surface area contributed by atoms with Gasteiger partial charge < -0.3 is 10.0 Å². The number of hydrogen-bond donors (Lipinski definition) is 1. The van der Waals surface area contributed by atoms with Crippen LogP contribution < -0.4 is 4.90 Å². The Morgan fingerprint density at radius 2 is 2.25 bits per heavy atom. The first-order valence-electron chi connectivity index (χ1n) is 6.02. The number of pyridine rings is 1. The summed E-state index contributed by atoms with van der Waals surface area (Å²) in [7, 11) is 0. The monoisotopic (exact) mass is 220 g/mol. The summed E-state index contributed by atoms with van der Waals surface area (Å²) in [4.78, 5) is 6.45. The smallest absolute Gasteiger partial charge is 0.0717 e. The Morgan fingerprint density at radius 1 is 1.50 bits per heavy atom. The molecule has 1 N–H and O–H groups in total. The maximum Gasteiger partial charge on any atom is 0.0717 e. The predicted octanol–water partition coefficient (Wildman–Crippen LogP) is 2.20. The third-order valence-corrected chi connectivity index (χ3v) is 3.13. The van der Waals surface area contributed by atoms with Gasteiger partial charge in [0.15, 0.2) is 0 Å². The number of aromatic nitrogens is 1. The number of aliphatic hydroxyl groups is 1. The molecule has 1 fully saturated rings. The van der Waals surface area contributed by atoms with Gasteiger partial charge in [0, 0.05) is 36.2 Å². The van der Waals surface area contributed by atoms with Gasteiger partial charge in [-0.1, -0.05) is 0 Å². The second kappa shape index (κ2) is 4.83. The molecule has 0 amide bonds. The van der Waals surface area contributed by atoms with Crippen LogP contribution in [0.3, 0.4) is 0 Å². The van der Waals surface area contributed by atoms with Crippen molar-refractivity contribution in [3.63, 3.8) is 0 Å². The van der Waals surface area contributed by atoms with Crippen LogP contribution in [0.1, 0.15) is 32.3 Å². The number of anilines is 1. The summed E-state index contributed by atoms with van der Waals surface area (Å²) in [5, 5.41) is 9.33. The largest absolute Gasteiger partial charge is 0.392 e. The Morgan fingerprint density at radius 3 is 2.81 bits per heavy atom. The van der Waals surface area contributed by atoms with Gasteiger partial charge in [-0.2, -0.15) is 0 Å². The molecule has 0 radical (unpaired) electrons. The van der Waals surface area contributed by atoms with Crippen LogP contribution in [0.25, 0.3) is 0 Å². The molecule has 1 heterocycles. The molecule has 0 atom stereocenters. The van der Waals surface area contributed by atoms with Crippen molar-refractivity contribution in [3.05, 3.63) is 24.0 Å². The molecule has 2 rings (SSSR count). The fourth-order valence-electron chi connectivity index (χ4n) is 1.99. The first kappa shape index (κ1) is 11.4. The molecule has 1 aromatic heterocycles. The van der Waals surface area contributed by atoms with Crippen LogP contribution in [0.15, 0.2) is 18.5 Å². The standard InChI is InChI=1S/C13H20N2O/c1-10(2)15(8-11-3-4-11)13-5-6-14-7-12(13)9-16/h5-7,10-11,16H,3-4,8-9H2,1-2H3. The number of rotatable bonds is 5. The van der Waals surface area contributed by atoms with Gasteiger partial charge in [-0.25, -0.2) is 0 Å². The van der Waals surface area contributed by atoms with Crippen molar-refractivity contribution in [1.29, 1.82) is 0 Å². The molecule has 3 heteroatoms. The summed E-state index contributed by atoms with van der Waals surface area (Å²) < 4.78 is 0. The molecule has 1 aliphatic rings. The van der Waals surface area contributed by atoms with Crippen LogP contribution in [0, 0.1) is 5.92 Å². The molecule has 0 aromatic carbocycles. The van der Waals surface area contributed by atoms with E-state index in [1.807, 2.05) is 6.07 Å². The molecule has 0 bridgehead atoms. The zero-order valence-corrected chi connectivity index (χ0v) is 10.1. The molecule has 88 valence electrons. The molecule has 0 spiro atoms. The van der Waals surface area contributed by atoms with Crippen LogP contribution in [-0.2, 0) is 6.61 Å². The molecular formula is C13H20N2O. The Kier molecular flexibility index (Phi) is 3.44. The lowest BCUT2D eigenvalue weighted by atomic mass is 10.1. The molecule has 0 unspecified atom stereocenters. The van der Waals surface area contributed by atoms with E-state index in [0.717, 1.165) is 23.7 Å². The summed E-state index contributed by atoms with van der Waals surface area (Å²) in [5.41, 5.74) is 2.07. The number of hydrogen-bond acceptors (Lipinski definition) is 3. The van der Waals surface area contributed by atoms with Crippen LogP contribution >= 0.6 is 0 Å². The van der Waals surface area contributed by atoms with Crippen LogP contribution in [0.5, 0.6) is 0 Å². The van der Waals surface area contributed by atoms with Crippen molar-refractivity contribution in [1.82, 2.24) is 4.98 Å². The highest BCUT2D eigenvalue weighted by Gasteiger charge is 2.26. The quantitative estimate of drug-likeness (QED) is 0.826. The van der Waals surface area contributed by atoms with Gasteiger partial charge in [0.25, 0.3) is 0 Å². The van der Waals surface area contributed by atoms with Gasteiger partial charge in [0.1, 0.15) is 0 Å². The second-order valence-electron chi connectivity index (χ2n) is 4.85. The normalized spacial score (nSPS) is 15.5. The summed E-state index contributed by atoms with van der Waals surface area (Å²) >= 11 is 0. The minimum absolute atomic E-state index is 0.0665. The molecule has 3 nitrogen and oxygen atoms in total. The predicted molar refractivity (Wildman–Crippen MR) is 65.4 cm³/mol. The third kappa shape index (κ3) is 2.53. The number of nitrogens with zero attached hydrogens (tertiary/aromatic N) is 2. The average Bonchev–Trinajstić information content (AvgIpc) is 3.09. The van der Waals surface area contributed by atoms with Crippen molar-refractivity contribution in [2.45, 2.75) is 39.3 Å². The van der Waals surface area contributed by atoms with Gasteiger partial charge in [-0.05, 0) is 38.7 Å². The Bertz CT molecular complexity index is 348. The lowest BCUT2D eigenvalue weighted by Crippen LogP contribution is -2.33. The highest BCUT2D eigenvalue weighted by Crippen LogP contribution is 2.33. The molecule has 0 aliphatic heterocycles. The molecule has 0 saturated heterocycles. The van der Waals surface area contributed by atoms with Crippen LogP contribution in [-0.4, -0.2) is 22.7 Å². The van der Waals surface area contributed by atoms with Gasteiger partial charge in [0.05, 0.1) is 6.61 Å². The summed E-state index contributed by atoms with van der Waals surface area (Å²) in [6.45, 7) is 5.57. The minimum Gasteiger partial charge on any atom is -0.392 e. The van der Waals surface area contributed by atoms with E-state index in [1.165, 1.54) is 12.8 Å². The van der Waals surface area contributed by atoms with Crippen molar-refractivity contribution >= 4 is 5.69 Å². The maximum atomic E-state index is 9.33. The Balaban J connectivity index is 2.22. The first-order valence-corrected chi connectivity index (χ1v) is 6.02. The van der Waals surface area contributed by atoms with Gasteiger partial charge in [-0.15, -0.1) is 0 Å². The van der Waals surface area contributed by atoms with Gasteiger partial charge in [0.2, 0.25) is 0 Å². The van der Waals surface area contributed by atoms with E-state index in [1.54, 1.807) is 12.4 Å². The molecule has 16 heavy (non-hydrogen) atoms. The van der Waals surface area contributed by atoms with E-state index in [4.69, 9.17) is 0 Å². The summed E-state index contributed by atoms with van der Waals surface area (Å²) in [6.07, 6.45) is 6.26. The van der Waals surface area contributed by atoms with Crippen molar-refractivity contribution in [3.8, 4) is 0 Å². The van der Waals surface area contributed by atoms with Crippen LogP contribution in [0.2, 0.25) is 0 Å². The SMILES string of the molecule is CC(C)N(CC1CC1)c1ccncc1CO. The highest BCUT2D eigenvalue weighted by molar-refractivity contribution is 5.52. The zero-order chi connectivity index (χ0) is 11.5. The fraction of sp³-hybridized carbons (Fsp3) is 0.615. The Hall–Kier alpha value is -1.09. The van der Waals surface area contributed by atoms with E-state index in [9.17, 15) is 5.11 Å². The topological polar surface area (TPSA) is 36.4 Å². The molecule has 1 aromatic rings. The lowest BCUT2D eigenvalue weighted by Gasteiger charge is -2.30. The lowest BCUT2D eigenvalue weighted by molar-refractivity contribution is 0.281. The Labute approximate surface area is 97.1 Å². The van der Waals surface area contributed by atoms with E-state index in [-0.39, 0.29) is 6.61 Å². The fourth-order valence-corrected chi connectivity index (χ4v) is 1.99. The van der Waals surface area contributed by atoms with E-state index in [0.29, 0.717) is 6.04 Å². The van der Waals surface area contributed by atoms with Crippen molar-refractivity contribution < 1.29 is 5.11 Å². The zero-order valence-electron chi connectivity index (χ0n) is 10.1.